The number of aromatic amines is 1. The Balaban J connectivity index is 1.62. The molecule has 3 aromatic carbocycles. The van der Waals surface area contributed by atoms with E-state index in [2.05, 4.69) is 34.6 Å². The van der Waals surface area contributed by atoms with Crippen LogP contribution in [0.3, 0.4) is 0 Å². The Labute approximate surface area is 188 Å². The molecule has 0 aliphatic rings. The predicted octanol–water partition coefficient (Wildman–Crippen LogP) is 5.53. The molecule has 0 bridgehead atoms. The molecule has 0 aliphatic carbocycles. The quantitative estimate of drug-likeness (QED) is 0.369. The number of carbonyl (C=O) groups is 1. The number of para-hydroxylation sites is 2. The van der Waals surface area contributed by atoms with Crippen molar-refractivity contribution in [3.05, 3.63) is 95.7 Å². The Morgan fingerprint density at radius 2 is 1.75 bits per heavy atom. The molecule has 164 valence electrons. The molecular weight excluding hydrogens is 400 g/mol. The van der Waals surface area contributed by atoms with Crippen LogP contribution in [0.1, 0.15) is 40.7 Å². The summed E-state index contributed by atoms with van der Waals surface area (Å²) in [6.07, 6.45) is 2.92. The molecule has 5 nitrogen and oxygen atoms in total. The third-order valence-electron chi connectivity index (χ3n) is 5.57. The fourth-order valence-electron chi connectivity index (χ4n) is 3.91. The highest BCUT2D eigenvalue weighted by molar-refractivity contribution is 5.97. The number of hydrogen-bond donors (Lipinski definition) is 2. The second-order valence-electron chi connectivity index (χ2n) is 7.67. The third-order valence-corrected chi connectivity index (χ3v) is 5.57. The van der Waals surface area contributed by atoms with Gasteiger partial charge in [-0.05, 0) is 47.9 Å². The van der Waals surface area contributed by atoms with Crippen LogP contribution in [0, 0.1) is 0 Å². The molecule has 0 radical (unpaired) electrons. The van der Waals surface area contributed by atoms with E-state index in [1.807, 2.05) is 55.6 Å². The number of hydrogen-bond acceptors (Lipinski definition) is 3. The van der Waals surface area contributed by atoms with Gasteiger partial charge in [-0.2, -0.15) is 0 Å². The molecule has 4 rings (SSSR count). The van der Waals surface area contributed by atoms with E-state index in [4.69, 9.17) is 9.47 Å². The van der Waals surface area contributed by atoms with Crippen molar-refractivity contribution in [3.63, 3.8) is 0 Å². The number of fused-ring (bicyclic) bond motifs is 1. The highest BCUT2D eigenvalue weighted by atomic mass is 16.5. The van der Waals surface area contributed by atoms with Gasteiger partial charge in [0.05, 0.1) is 19.3 Å². The van der Waals surface area contributed by atoms with Gasteiger partial charge in [0.2, 0.25) is 0 Å². The van der Waals surface area contributed by atoms with Crippen molar-refractivity contribution in [1.29, 1.82) is 0 Å². The van der Waals surface area contributed by atoms with Gasteiger partial charge in [0.15, 0.2) is 0 Å². The van der Waals surface area contributed by atoms with Crippen LogP contribution in [0.25, 0.3) is 10.9 Å². The maximum absolute atomic E-state index is 13.1. The van der Waals surface area contributed by atoms with E-state index in [9.17, 15) is 4.79 Å². The van der Waals surface area contributed by atoms with Crippen LogP contribution in [0.2, 0.25) is 0 Å². The molecule has 1 heterocycles. The first-order chi connectivity index (χ1) is 15.7. The van der Waals surface area contributed by atoms with Crippen LogP contribution < -0.4 is 14.8 Å². The van der Waals surface area contributed by atoms with Gasteiger partial charge >= 0.3 is 0 Å². The number of rotatable bonds is 9. The zero-order valence-corrected chi connectivity index (χ0v) is 18.4. The fraction of sp³-hybridized carbons (Fsp3) is 0.222. The van der Waals surface area contributed by atoms with Crippen LogP contribution in [-0.2, 0) is 0 Å². The lowest BCUT2D eigenvalue weighted by atomic mass is 9.90. The van der Waals surface area contributed by atoms with E-state index in [1.165, 1.54) is 0 Å². The molecule has 32 heavy (non-hydrogen) atoms. The molecule has 1 atom stereocenters. The zero-order chi connectivity index (χ0) is 22.3. The summed E-state index contributed by atoms with van der Waals surface area (Å²) in [5.41, 5.74) is 3.87. The second-order valence-corrected chi connectivity index (χ2v) is 7.67. The standard InChI is InChI=1S/C27H28N2O3/c1-3-16-32-26-11-7-5-9-22(26)27(30)29-17-23(19-12-14-20(31-2)15-13-19)24-18-28-25-10-6-4-8-21(24)25/h4-15,18,23,28H,3,16-17H2,1-2H3,(H,29,30). The monoisotopic (exact) mass is 428 g/mol. The number of benzene rings is 3. The SMILES string of the molecule is CCCOc1ccccc1C(=O)NCC(c1ccc(OC)cc1)c1c[nH]c2ccccc12. The van der Waals surface area contributed by atoms with E-state index in [0.29, 0.717) is 24.5 Å². The summed E-state index contributed by atoms with van der Waals surface area (Å²) in [7, 11) is 1.66. The van der Waals surface area contributed by atoms with Gasteiger partial charge in [0.1, 0.15) is 11.5 Å². The number of methoxy groups -OCH3 is 1. The third kappa shape index (κ3) is 4.62. The summed E-state index contributed by atoms with van der Waals surface area (Å²) >= 11 is 0. The first-order valence-corrected chi connectivity index (χ1v) is 10.9. The van der Waals surface area contributed by atoms with Gasteiger partial charge in [-0.15, -0.1) is 0 Å². The van der Waals surface area contributed by atoms with Crippen LogP contribution >= 0.6 is 0 Å². The van der Waals surface area contributed by atoms with Crippen molar-refractivity contribution in [3.8, 4) is 11.5 Å². The minimum absolute atomic E-state index is 0.0234. The average molecular weight is 429 g/mol. The summed E-state index contributed by atoms with van der Waals surface area (Å²) in [6.45, 7) is 3.08. The highest BCUT2D eigenvalue weighted by Gasteiger charge is 2.20. The van der Waals surface area contributed by atoms with Crippen LogP contribution in [-0.4, -0.2) is 31.2 Å². The zero-order valence-electron chi connectivity index (χ0n) is 18.4. The maximum atomic E-state index is 13.1. The molecule has 1 unspecified atom stereocenters. The molecule has 5 heteroatoms. The number of aromatic nitrogens is 1. The molecule has 0 aliphatic heterocycles. The number of amides is 1. The first-order valence-electron chi connectivity index (χ1n) is 10.9. The van der Waals surface area contributed by atoms with Gasteiger partial charge in [-0.25, -0.2) is 0 Å². The number of carbonyl (C=O) groups excluding carboxylic acids is 1. The molecule has 0 fully saturated rings. The Hall–Kier alpha value is -3.73. The summed E-state index contributed by atoms with van der Waals surface area (Å²) < 4.78 is 11.1. The van der Waals surface area contributed by atoms with Gasteiger partial charge in [0.25, 0.3) is 5.91 Å². The summed E-state index contributed by atoms with van der Waals surface area (Å²) in [5, 5.41) is 4.28. The van der Waals surface area contributed by atoms with Crippen LogP contribution in [0.5, 0.6) is 11.5 Å². The lowest BCUT2D eigenvalue weighted by Gasteiger charge is -2.19. The molecule has 1 aromatic heterocycles. The van der Waals surface area contributed by atoms with Gasteiger partial charge in [0, 0.05) is 29.6 Å². The average Bonchev–Trinajstić information content (AvgIpc) is 3.27. The lowest BCUT2D eigenvalue weighted by molar-refractivity contribution is 0.0948. The lowest BCUT2D eigenvalue weighted by Crippen LogP contribution is -2.29. The van der Waals surface area contributed by atoms with Gasteiger partial charge in [-0.3, -0.25) is 4.79 Å². The largest absolute Gasteiger partial charge is 0.497 e. The highest BCUT2D eigenvalue weighted by Crippen LogP contribution is 2.31. The molecule has 0 saturated carbocycles. The predicted molar refractivity (Wildman–Crippen MR) is 128 cm³/mol. The van der Waals surface area contributed by atoms with Crippen molar-refractivity contribution in [2.24, 2.45) is 0 Å². The van der Waals surface area contributed by atoms with Crippen molar-refractivity contribution < 1.29 is 14.3 Å². The minimum atomic E-state index is -0.143. The van der Waals surface area contributed by atoms with E-state index in [1.54, 1.807) is 13.2 Å². The van der Waals surface area contributed by atoms with E-state index >= 15 is 0 Å². The molecule has 0 saturated heterocycles. The first kappa shape index (κ1) is 21.5. The van der Waals surface area contributed by atoms with Crippen molar-refractivity contribution in [1.82, 2.24) is 10.3 Å². The number of nitrogens with one attached hydrogen (secondary N) is 2. The summed E-state index contributed by atoms with van der Waals surface area (Å²) in [6, 6.07) is 23.6. The normalized spacial score (nSPS) is 11.8. The Morgan fingerprint density at radius 1 is 1.00 bits per heavy atom. The van der Waals surface area contributed by atoms with Crippen LogP contribution in [0.15, 0.2) is 79.0 Å². The molecule has 0 spiro atoms. The van der Waals surface area contributed by atoms with E-state index in [-0.39, 0.29) is 11.8 Å². The van der Waals surface area contributed by atoms with Crippen LogP contribution in [0.4, 0.5) is 0 Å². The number of ether oxygens (including phenoxy) is 2. The molecular formula is C27H28N2O3. The second kappa shape index (κ2) is 10.1. The Morgan fingerprint density at radius 3 is 2.53 bits per heavy atom. The van der Waals surface area contributed by atoms with E-state index < -0.39 is 0 Å². The Bertz CT molecular complexity index is 1180. The van der Waals surface area contributed by atoms with Gasteiger partial charge < -0.3 is 19.8 Å². The van der Waals surface area contributed by atoms with Crippen molar-refractivity contribution in [2.75, 3.05) is 20.3 Å². The topological polar surface area (TPSA) is 63.4 Å². The fourth-order valence-corrected chi connectivity index (χ4v) is 3.91. The maximum Gasteiger partial charge on any atom is 0.255 e. The van der Waals surface area contributed by atoms with E-state index in [0.717, 1.165) is 34.2 Å². The minimum Gasteiger partial charge on any atom is -0.497 e. The Kier molecular flexibility index (Phi) is 6.75. The molecule has 2 N–H and O–H groups in total. The summed E-state index contributed by atoms with van der Waals surface area (Å²) in [4.78, 5) is 16.4. The molecule has 1 amide bonds. The van der Waals surface area contributed by atoms with Crippen molar-refractivity contribution >= 4 is 16.8 Å². The smallest absolute Gasteiger partial charge is 0.255 e. The van der Waals surface area contributed by atoms with Crippen molar-refractivity contribution in [2.45, 2.75) is 19.3 Å². The number of H-pyrrole nitrogens is 1. The molecule has 4 aromatic rings. The summed E-state index contributed by atoms with van der Waals surface area (Å²) in [5.74, 6) is 1.25. The van der Waals surface area contributed by atoms with Gasteiger partial charge in [-0.1, -0.05) is 49.4 Å².